The van der Waals surface area contributed by atoms with E-state index < -0.39 is 23.2 Å². The SMILES string of the molecule is CC12Cc3cnn(CCC#N)c3C=C1CCC1C2[C@@H](O)CC2(C)C1CC[C@]2(O)C(O)CSc1nc2ncccc2o1. The van der Waals surface area contributed by atoms with Crippen LogP contribution >= 0.6 is 11.8 Å². The lowest BCUT2D eigenvalue weighted by Crippen LogP contribution is -2.63. The van der Waals surface area contributed by atoms with Crippen LogP contribution in [0, 0.1) is 39.9 Å². The number of allylic oxidation sites excluding steroid dienone is 1. The molecule has 0 radical (unpaired) electrons. The number of aliphatic hydroxyl groups excluding tert-OH is 2. The second-order valence-corrected chi connectivity index (χ2v) is 14.0. The standard InChI is InChI=1S/C31H37N5O4S/c1-29-14-18-16-34-36(12-4-10-32)22(18)13-19(29)6-7-20-21-8-9-31(39,30(21,2)15-23(37)26(20)29)25(38)17-41-28-35-27-24(40-28)5-3-11-33-27/h3,5,11,13,16,20-21,23,25-26,37-39H,4,6-9,12,14-15,17H2,1-2H3/t20?,21?,23-,25?,26?,29?,30?,31-/m0/s1. The maximum atomic E-state index is 12.2. The van der Waals surface area contributed by atoms with E-state index in [4.69, 9.17) is 9.68 Å². The first kappa shape index (κ1) is 27.1. The van der Waals surface area contributed by atoms with Crippen molar-refractivity contribution in [3.05, 3.63) is 41.4 Å². The average Bonchev–Trinajstić information content (AvgIpc) is 3.62. The highest BCUT2D eigenvalue weighted by atomic mass is 32.2. The highest BCUT2D eigenvalue weighted by molar-refractivity contribution is 7.99. The third-order valence-corrected chi connectivity index (χ3v) is 12.1. The van der Waals surface area contributed by atoms with E-state index in [-0.39, 0.29) is 28.9 Å². The fraction of sp³-hybridized carbons (Fsp3) is 0.613. The number of fused-ring (bicyclic) bond motifs is 7. The van der Waals surface area contributed by atoms with Gasteiger partial charge in [0.15, 0.2) is 11.2 Å². The van der Waals surface area contributed by atoms with Crippen molar-refractivity contribution in [1.29, 1.82) is 5.26 Å². The first-order valence-electron chi connectivity index (χ1n) is 14.7. The van der Waals surface area contributed by atoms with Crippen LogP contribution in [0.2, 0.25) is 0 Å². The molecule has 8 atom stereocenters. The van der Waals surface area contributed by atoms with Gasteiger partial charge >= 0.3 is 0 Å². The van der Waals surface area contributed by atoms with Crippen LogP contribution < -0.4 is 0 Å². The summed E-state index contributed by atoms with van der Waals surface area (Å²) in [7, 11) is 0. The van der Waals surface area contributed by atoms with E-state index in [1.165, 1.54) is 22.9 Å². The predicted molar refractivity (Wildman–Crippen MR) is 153 cm³/mol. The summed E-state index contributed by atoms with van der Waals surface area (Å²) in [5.74, 6) is 0.807. The molecule has 3 N–H and O–H groups in total. The molecule has 3 saturated carbocycles. The van der Waals surface area contributed by atoms with Gasteiger partial charge in [0, 0.05) is 17.4 Å². The number of aliphatic hydroxyl groups is 3. The number of nitriles is 1. The van der Waals surface area contributed by atoms with Crippen LogP contribution in [0.15, 0.2) is 39.7 Å². The van der Waals surface area contributed by atoms with Crippen LogP contribution in [0.3, 0.4) is 0 Å². The van der Waals surface area contributed by atoms with Gasteiger partial charge in [-0.15, -0.1) is 0 Å². The van der Waals surface area contributed by atoms with Crippen molar-refractivity contribution < 1.29 is 19.7 Å². The van der Waals surface area contributed by atoms with Gasteiger partial charge < -0.3 is 19.7 Å². The summed E-state index contributed by atoms with van der Waals surface area (Å²) >= 11 is 1.29. The maximum Gasteiger partial charge on any atom is 0.258 e. The average molecular weight is 576 g/mol. The number of rotatable bonds is 6. The number of nitrogens with zero attached hydrogens (tertiary/aromatic N) is 5. The molecule has 0 aliphatic heterocycles. The van der Waals surface area contributed by atoms with Gasteiger partial charge in [-0.25, -0.2) is 4.98 Å². The number of oxazole rings is 1. The third kappa shape index (κ3) is 3.96. The van der Waals surface area contributed by atoms with Crippen molar-refractivity contribution in [3.63, 3.8) is 0 Å². The van der Waals surface area contributed by atoms with Crippen molar-refractivity contribution in [3.8, 4) is 6.07 Å². The normalized spacial score (nSPS) is 36.5. The van der Waals surface area contributed by atoms with Gasteiger partial charge in [-0.3, -0.25) is 4.68 Å². The molecule has 3 aromatic rings. The number of hydrogen-bond acceptors (Lipinski definition) is 9. The molecule has 4 aliphatic rings. The van der Waals surface area contributed by atoms with Crippen LogP contribution in [0.4, 0.5) is 0 Å². The first-order chi connectivity index (χ1) is 19.7. The van der Waals surface area contributed by atoms with Gasteiger partial charge in [0.25, 0.3) is 5.22 Å². The smallest absolute Gasteiger partial charge is 0.258 e. The number of aryl methyl sites for hydroxylation is 1. The molecule has 9 nitrogen and oxygen atoms in total. The first-order valence-corrected chi connectivity index (χ1v) is 15.7. The molecule has 41 heavy (non-hydrogen) atoms. The van der Waals surface area contributed by atoms with E-state index >= 15 is 0 Å². The summed E-state index contributed by atoms with van der Waals surface area (Å²) in [4.78, 5) is 8.62. The number of pyridine rings is 1. The Kier molecular flexibility index (Phi) is 6.40. The quantitative estimate of drug-likeness (QED) is 0.365. The minimum Gasteiger partial charge on any atom is -0.430 e. The molecule has 0 amide bonds. The van der Waals surface area contributed by atoms with E-state index in [9.17, 15) is 15.3 Å². The molecule has 3 aromatic heterocycles. The van der Waals surface area contributed by atoms with Gasteiger partial charge in [-0.1, -0.05) is 31.2 Å². The van der Waals surface area contributed by atoms with Crippen LogP contribution in [-0.2, 0) is 13.0 Å². The van der Waals surface area contributed by atoms with Gasteiger partial charge in [0.2, 0.25) is 0 Å². The number of hydrogen-bond donors (Lipinski definition) is 3. The Balaban J connectivity index is 1.12. The van der Waals surface area contributed by atoms with E-state index in [2.05, 4.69) is 41.1 Å². The minimum atomic E-state index is -1.31. The Morgan fingerprint density at radius 2 is 2.17 bits per heavy atom. The molecule has 3 heterocycles. The molecule has 0 spiro atoms. The van der Waals surface area contributed by atoms with Crippen molar-refractivity contribution in [2.75, 3.05) is 5.75 Å². The summed E-state index contributed by atoms with van der Waals surface area (Å²) in [6, 6.07) is 5.82. The topological polar surface area (TPSA) is 141 Å². The van der Waals surface area contributed by atoms with E-state index in [0.29, 0.717) is 42.3 Å². The molecule has 0 bridgehead atoms. The molecule has 0 saturated heterocycles. The largest absolute Gasteiger partial charge is 0.430 e. The Hall–Kier alpha value is -2.71. The Labute approximate surface area is 243 Å². The minimum absolute atomic E-state index is 0.0808. The van der Waals surface area contributed by atoms with Crippen molar-refractivity contribution in [2.45, 2.75) is 88.4 Å². The molecule has 7 rings (SSSR count). The van der Waals surface area contributed by atoms with Gasteiger partial charge in [-0.2, -0.15) is 15.3 Å². The monoisotopic (exact) mass is 575 g/mol. The predicted octanol–water partition coefficient (Wildman–Crippen LogP) is 4.37. The summed E-state index contributed by atoms with van der Waals surface area (Å²) in [5, 5.41) is 49.6. The zero-order chi connectivity index (χ0) is 28.6. The van der Waals surface area contributed by atoms with Gasteiger partial charge in [-0.05, 0) is 85.5 Å². The zero-order valence-corrected chi connectivity index (χ0v) is 24.3. The molecule has 216 valence electrons. The van der Waals surface area contributed by atoms with Crippen LogP contribution in [-0.4, -0.2) is 58.6 Å². The third-order valence-electron chi connectivity index (χ3n) is 11.2. The van der Waals surface area contributed by atoms with Gasteiger partial charge in [0.05, 0.1) is 48.7 Å². The lowest BCUT2D eigenvalue weighted by Gasteiger charge is -2.61. The van der Waals surface area contributed by atoms with Crippen molar-refractivity contribution in [1.82, 2.24) is 19.7 Å². The second-order valence-electron chi connectivity index (χ2n) is 13.1. The van der Waals surface area contributed by atoms with E-state index in [1.807, 2.05) is 16.9 Å². The van der Waals surface area contributed by atoms with E-state index in [1.54, 1.807) is 12.3 Å². The Bertz CT molecular complexity index is 1530. The summed E-state index contributed by atoms with van der Waals surface area (Å²) in [6.45, 7) is 4.98. The highest BCUT2D eigenvalue weighted by Gasteiger charge is 2.68. The Morgan fingerprint density at radius 3 is 2.98 bits per heavy atom. The van der Waals surface area contributed by atoms with Crippen molar-refractivity contribution >= 4 is 29.1 Å². The molecular weight excluding hydrogens is 538 g/mol. The number of aromatic nitrogens is 4. The highest BCUT2D eigenvalue weighted by Crippen LogP contribution is 2.68. The van der Waals surface area contributed by atoms with Gasteiger partial charge in [0.1, 0.15) is 0 Å². The second kappa shape index (κ2) is 9.66. The molecule has 6 unspecified atom stereocenters. The van der Waals surface area contributed by atoms with Crippen LogP contribution in [0.1, 0.15) is 63.6 Å². The lowest BCUT2D eigenvalue weighted by molar-refractivity contribution is -0.197. The summed E-state index contributed by atoms with van der Waals surface area (Å²) in [5.41, 5.74) is 2.69. The number of thioether (sulfide) groups is 1. The zero-order valence-electron chi connectivity index (χ0n) is 23.5. The molecule has 4 aliphatic carbocycles. The maximum absolute atomic E-state index is 12.2. The van der Waals surface area contributed by atoms with Crippen molar-refractivity contribution in [2.24, 2.45) is 28.6 Å². The summed E-state index contributed by atoms with van der Waals surface area (Å²) in [6.07, 6.45) is 9.26. The fourth-order valence-electron chi connectivity index (χ4n) is 9.26. The Morgan fingerprint density at radius 1 is 1.32 bits per heavy atom. The molecular formula is C31H37N5O4S. The van der Waals surface area contributed by atoms with Crippen LogP contribution in [0.25, 0.3) is 17.3 Å². The van der Waals surface area contributed by atoms with E-state index in [0.717, 1.165) is 31.4 Å². The fourth-order valence-corrected chi connectivity index (χ4v) is 10.1. The summed E-state index contributed by atoms with van der Waals surface area (Å²) < 4.78 is 7.72. The molecule has 0 aromatic carbocycles. The molecule has 10 heteroatoms. The molecule has 3 fully saturated rings. The van der Waals surface area contributed by atoms with Crippen LogP contribution in [0.5, 0.6) is 0 Å². The lowest BCUT2D eigenvalue weighted by atomic mass is 9.45.